The topological polar surface area (TPSA) is 30.0 Å². The van der Waals surface area contributed by atoms with Gasteiger partial charge in [-0.2, -0.15) is 0 Å². The van der Waals surface area contributed by atoms with E-state index in [9.17, 15) is 5.11 Å². The Morgan fingerprint density at radius 2 is 1.67 bits per heavy atom. The summed E-state index contributed by atoms with van der Waals surface area (Å²) in [5.41, 5.74) is 0. The first kappa shape index (κ1) is 11.3. The number of piperazine rings is 1. The molecule has 2 saturated heterocycles. The molecule has 1 atom stereocenters. The standard InChI is InChI=1S/C11H23N3O/c1-12-4-6-13(7-5-12)8-9-14-3-2-11(15)10-14/h11,15H,2-10H2,1H3. The molecule has 2 rings (SSSR count). The average molecular weight is 213 g/mol. The largest absolute Gasteiger partial charge is 0.392 e. The fourth-order valence-electron chi connectivity index (χ4n) is 2.37. The summed E-state index contributed by atoms with van der Waals surface area (Å²) in [6, 6.07) is 0. The van der Waals surface area contributed by atoms with Crippen LogP contribution in [0.15, 0.2) is 0 Å². The quantitative estimate of drug-likeness (QED) is 0.671. The molecule has 1 unspecified atom stereocenters. The molecule has 2 fully saturated rings. The Morgan fingerprint density at radius 1 is 1.00 bits per heavy atom. The predicted octanol–water partition coefficient (Wildman–Crippen LogP) is -0.700. The number of likely N-dealkylation sites (N-methyl/N-ethyl adjacent to an activating group) is 1. The lowest BCUT2D eigenvalue weighted by Crippen LogP contribution is -2.46. The minimum absolute atomic E-state index is 0.0718. The maximum atomic E-state index is 9.41. The molecule has 2 aliphatic heterocycles. The summed E-state index contributed by atoms with van der Waals surface area (Å²) in [7, 11) is 2.19. The molecule has 0 saturated carbocycles. The molecule has 0 amide bonds. The number of nitrogens with zero attached hydrogens (tertiary/aromatic N) is 3. The highest BCUT2D eigenvalue weighted by molar-refractivity contribution is 4.76. The fourth-order valence-corrected chi connectivity index (χ4v) is 2.37. The number of hydrogen-bond donors (Lipinski definition) is 1. The third-order valence-electron chi connectivity index (χ3n) is 3.58. The van der Waals surface area contributed by atoms with Crippen molar-refractivity contribution >= 4 is 0 Å². The average Bonchev–Trinajstić information content (AvgIpc) is 2.64. The van der Waals surface area contributed by atoms with Crippen molar-refractivity contribution in [2.75, 3.05) is 59.4 Å². The lowest BCUT2D eigenvalue weighted by molar-refractivity contribution is 0.133. The Bertz CT molecular complexity index is 192. The first-order valence-corrected chi connectivity index (χ1v) is 6.05. The highest BCUT2D eigenvalue weighted by Crippen LogP contribution is 2.08. The third kappa shape index (κ3) is 3.41. The summed E-state index contributed by atoms with van der Waals surface area (Å²) >= 11 is 0. The van der Waals surface area contributed by atoms with E-state index in [1.165, 1.54) is 32.7 Å². The molecule has 0 aromatic carbocycles. The van der Waals surface area contributed by atoms with Crippen LogP contribution in [-0.2, 0) is 0 Å². The second-order valence-corrected chi connectivity index (χ2v) is 4.89. The second kappa shape index (κ2) is 5.25. The molecule has 0 aromatic heterocycles. The van der Waals surface area contributed by atoms with Gasteiger partial charge in [0.05, 0.1) is 6.10 Å². The maximum absolute atomic E-state index is 9.41. The lowest BCUT2D eigenvalue weighted by atomic mass is 10.3. The van der Waals surface area contributed by atoms with Gasteiger partial charge < -0.3 is 10.0 Å². The molecule has 1 N–H and O–H groups in total. The Labute approximate surface area is 92.5 Å². The van der Waals surface area contributed by atoms with Crippen LogP contribution in [0.1, 0.15) is 6.42 Å². The van der Waals surface area contributed by atoms with Crippen LogP contribution in [0, 0.1) is 0 Å². The number of rotatable bonds is 3. The van der Waals surface area contributed by atoms with E-state index in [1.54, 1.807) is 0 Å². The van der Waals surface area contributed by atoms with Crippen molar-refractivity contribution in [2.24, 2.45) is 0 Å². The Hall–Kier alpha value is -0.160. The van der Waals surface area contributed by atoms with E-state index in [1.807, 2.05) is 0 Å². The van der Waals surface area contributed by atoms with E-state index in [-0.39, 0.29) is 6.10 Å². The van der Waals surface area contributed by atoms with Crippen LogP contribution in [0.3, 0.4) is 0 Å². The van der Waals surface area contributed by atoms with Crippen molar-refractivity contribution in [1.29, 1.82) is 0 Å². The maximum Gasteiger partial charge on any atom is 0.0679 e. The van der Waals surface area contributed by atoms with E-state index in [0.29, 0.717) is 0 Å². The van der Waals surface area contributed by atoms with Crippen LogP contribution in [-0.4, -0.2) is 85.3 Å². The number of aliphatic hydroxyl groups is 1. The third-order valence-corrected chi connectivity index (χ3v) is 3.58. The minimum Gasteiger partial charge on any atom is -0.392 e. The minimum atomic E-state index is -0.0718. The summed E-state index contributed by atoms with van der Waals surface area (Å²) in [6.45, 7) is 9.05. The molecule has 2 aliphatic rings. The van der Waals surface area contributed by atoms with Crippen LogP contribution in [0.4, 0.5) is 0 Å². The zero-order chi connectivity index (χ0) is 10.7. The van der Waals surface area contributed by atoms with Gasteiger partial charge in [0.2, 0.25) is 0 Å². The monoisotopic (exact) mass is 213 g/mol. The summed E-state index contributed by atoms with van der Waals surface area (Å²) < 4.78 is 0. The van der Waals surface area contributed by atoms with E-state index >= 15 is 0 Å². The van der Waals surface area contributed by atoms with E-state index < -0.39 is 0 Å². The molecule has 0 bridgehead atoms. The molecule has 0 spiro atoms. The molecule has 88 valence electrons. The van der Waals surface area contributed by atoms with Gasteiger partial charge in [0, 0.05) is 52.4 Å². The predicted molar refractivity (Wildman–Crippen MR) is 61.0 cm³/mol. The van der Waals surface area contributed by atoms with Crippen LogP contribution < -0.4 is 0 Å². The lowest BCUT2D eigenvalue weighted by Gasteiger charge is -2.33. The van der Waals surface area contributed by atoms with E-state index in [2.05, 4.69) is 21.7 Å². The highest BCUT2D eigenvalue weighted by atomic mass is 16.3. The van der Waals surface area contributed by atoms with Crippen molar-refractivity contribution in [3.8, 4) is 0 Å². The first-order valence-electron chi connectivity index (χ1n) is 6.05. The zero-order valence-electron chi connectivity index (χ0n) is 9.73. The molecular weight excluding hydrogens is 190 g/mol. The summed E-state index contributed by atoms with van der Waals surface area (Å²) in [5, 5.41) is 9.41. The molecular formula is C11H23N3O. The van der Waals surface area contributed by atoms with Crippen molar-refractivity contribution in [1.82, 2.24) is 14.7 Å². The smallest absolute Gasteiger partial charge is 0.0679 e. The van der Waals surface area contributed by atoms with Crippen molar-refractivity contribution in [3.05, 3.63) is 0 Å². The van der Waals surface area contributed by atoms with Gasteiger partial charge in [0.15, 0.2) is 0 Å². The summed E-state index contributed by atoms with van der Waals surface area (Å²) in [5.74, 6) is 0. The first-order chi connectivity index (χ1) is 7.24. The Morgan fingerprint density at radius 3 is 2.27 bits per heavy atom. The van der Waals surface area contributed by atoms with Gasteiger partial charge in [-0.3, -0.25) is 9.80 Å². The zero-order valence-corrected chi connectivity index (χ0v) is 9.73. The number of β-amino-alcohol motifs (C(OH)–C–C–N with tert-alkyl or cyclic N) is 1. The molecule has 0 aromatic rings. The van der Waals surface area contributed by atoms with Gasteiger partial charge in [0.1, 0.15) is 0 Å². The van der Waals surface area contributed by atoms with Crippen LogP contribution in [0.5, 0.6) is 0 Å². The van der Waals surface area contributed by atoms with Gasteiger partial charge in [0.25, 0.3) is 0 Å². The highest BCUT2D eigenvalue weighted by Gasteiger charge is 2.21. The number of hydrogen-bond acceptors (Lipinski definition) is 4. The second-order valence-electron chi connectivity index (χ2n) is 4.89. The summed E-state index contributed by atoms with van der Waals surface area (Å²) in [4.78, 5) is 7.30. The van der Waals surface area contributed by atoms with Crippen molar-refractivity contribution in [3.63, 3.8) is 0 Å². The molecule has 0 aliphatic carbocycles. The SMILES string of the molecule is CN1CCN(CCN2CCC(O)C2)CC1. The molecule has 4 nitrogen and oxygen atoms in total. The van der Waals surface area contributed by atoms with Gasteiger partial charge in [-0.15, -0.1) is 0 Å². The van der Waals surface area contributed by atoms with E-state index in [4.69, 9.17) is 0 Å². The molecule has 0 radical (unpaired) electrons. The Kier molecular flexibility index (Phi) is 3.97. The van der Waals surface area contributed by atoms with Gasteiger partial charge in [-0.05, 0) is 13.5 Å². The van der Waals surface area contributed by atoms with Crippen LogP contribution in [0.25, 0.3) is 0 Å². The normalized spacial score (nSPS) is 31.2. The molecule has 2 heterocycles. The van der Waals surface area contributed by atoms with Gasteiger partial charge in [-0.25, -0.2) is 0 Å². The molecule has 4 heteroatoms. The number of likely N-dealkylation sites (tertiary alicyclic amines) is 1. The van der Waals surface area contributed by atoms with Crippen molar-refractivity contribution in [2.45, 2.75) is 12.5 Å². The van der Waals surface area contributed by atoms with Crippen molar-refractivity contribution < 1.29 is 5.11 Å². The van der Waals surface area contributed by atoms with Crippen LogP contribution in [0.2, 0.25) is 0 Å². The van der Waals surface area contributed by atoms with E-state index in [0.717, 1.165) is 26.1 Å². The summed E-state index contributed by atoms with van der Waals surface area (Å²) in [6.07, 6.45) is 0.889. The fraction of sp³-hybridized carbons (Fsp3) is 1.00. The number of aliphatic hydroxyl groups excluding tert-OH is 1. The van der Waals surface area contributed by atoms with Gasteiger partial charge in [-0.1, -0.05) is 0 Å². The Balaban J connectivity index is 1.61. The van der Waals surface area contributed by atoms with Crippen LogP contribution >= 0.6 is 0 Å². The molecule has 15 heavy (non-hydrogen) atoms. The van der Waals surface area contributed by atoms with Gasteiger partial charge >= 0.3 is 0 Å².